The molecular formula is C9H7BrN2O2. The zero-order chi connectivity index (χ0) is 10.1. The molecule has 1 aromatic heterocycles. The third-order valence-electron chi connectivity index (χ3n) is 1.86. The SMILES string of the molecule is Cc1ccc(-c2n[nH]c(=O)o2)cc1Br. The van der Waals surface area contributed by atoms with Gasteiger partial charge in [0.1, 0.15) is 0 Å². The molecule has 72 valence electrons. The van der Waals surface area contributed by atoms with E-state index in [9.17, 15) is 4.79 Å². The first kappa shape index (κ1) is 9.21. The lowest BCUT2D eigenvalue weighted by molar-refractivity contribution is 0.527. The second-order valence-electron chi connectivity index (χ2n) is 2.88. The van der Waals surface area contributed by atoms with Crippen molar-refractivity contribution >= 4 is 15.9 Å². The molecule has 0 aliphatic heterocycles. The third kappa shape index (κ3) is 1.63. The van der Waals surface area contributed by atoms with E-state index in [0.29, 0.717) is 5.89 Å². The molecule has 0 bridgehead atoms. The van der Waals surface area contributed by atoms with Gasteiger partial charge in [0.25, 0.3) is 0 Å². The molecule has 0 amide bonds. The third-order valence-corrected chi connectivity index (χ3v) is 2.71. The van der Waals surface area contributed by atoms with Crippen molar-refractivity contribution in [1.29, 1.82) is 0 Å². The van der Waals surface area contributed by atoms with Crippen molar-refractivity contribution in [2.45, 2.75) is 6.92 Å². The van der Waals surface area contributed by atoms with E-state index in [4.69, 9.17) is 4.42 Å². The second kappa shape index (κ2) is 3.42. The average Bonchev–Trinajstić information content (AvgIpc) is 2.57. The lowest BCUT2D eigenvalue weighted by Crippen LogP contribution is -1.93. The lowest BCUT2D eigenvalue weighted by Gasteiger charge is -1.98. The highest BCUT2D eigenvalue weighted by Crippen LogP contribution is 2.23. The molecule has 0 fully saturated rings. The molecule has 5 heteroatoms. The van der Waals surface area contributed by atoms with Gasteiger partial charge in [0, 0.05) is 10.0 Å². The molecule has 1 N–H and O–H groups in total. The van der Waals surface area contributed by atoms with Gasteiger partial charge in [-0.15, -0.1) is 5.10 Å². The van der Waals surface area contributed by atoms with Crippen LogP contribution >= 0.6 is 15.9 Å². The molecule has 0 aliphatic carbocycles. The lowest BCUT2D eigenvalue weighted by atomic mass is 10.1. The largest absolute Gasteiger partial charge is 0.434 e. The average molecular weight is 255 g/mol. The van der Waals surface area contributed by atoms with E-state index in [-0.39, 0.29) is 0 Å². The van der Waals surface area contributed by atoms with E-state index in [2.05, 4.69) is 26.1 Å². The first-order valence-corrected chi connectivity index (χ1v) is 4.78. The molecule has 0 saturated carbocycles. The van der Waals surface area contributed by atoms with Gasteiger partial charge in [-0.05, 0) is 24.6 Å². The van der Waals surface area contributed by atoms with Crippen LogP contribution in [0.5, 0.6) is 0 Å². The Labute approximate surface area is 88.1 Å². The van der Waals surface area contributed by atoms with Crippen molar-refractivity contribution in [2.24, 2.45) is 0 Å². The summed E-state index contributed by atoms with van der Waals surface area (Å²) in [4.78, 5) is 10.7. The van der Waals surface area contributed by atoms with Crippen molar-refractivity contribution in [2.75, 3.05) is 0 Å². The maximum absolute atomic E-state index is 10.7. The predicted octanol–water partition coefficient (Wildman–Crippen LogP) is 2.10. The number of hydrogen-bond acceptors (Lipinski definition) is 3. The summed E-state index contributed by atoms with van der Waals surface area (Å²) < 4.78 is 5.78. The Hall–Kier alpha value is -1.36. The molecule has 0 saturated heterocycles. The van der Waals surface area contributed by atoms with Crippen LogP contribution in [0, 0.1) is 6.92 Å². The summed E-state index contributed by atoms with van der Waals surface area (Å²) in [6.07, 6.45) is 0. The molecule has 0 atom stereocenters. The smallest absolute Gasteiger partial charge is 0.388 e. The van der Waals surface area contributed by atoms with Gasteiger partial charge in [0.2, 0.25) is 5.89 Å². The van der Waals surface area contributed by atoms with Crippen molar-refractivity contribution < 1.29 is 4.42 Å². The van der Waals surface area contributed by atoms with Gasteiger partial charge in [0.05, 0.1) is 0 Å². The fraction of sp³-hybridized carbons (Fsp3) is 0.111. The van der Waals surface area contributed by atoms with Gasteiger partial charge >= 0.3 is 5.76 Å². The molecule has 2 aromatic rings. The second-order valence-corrected chi connectivity index (χ2v) is 3.74. The summed E-state index contributed by atoms with van der Waals surface area (Å²) in [7, 11) is 0. The number of aryl methyl sites for hydroxylation is 1. The Kier molecular flexibility index (Phi) is 2.25. The number of aromatic nitrogens is 2. The van der Waals surface area contributed by atoms with Gasteiger partial charge in [0.15, 0.2) is 0 Å². The van der Waals surface area contributed by atoms with Crippen LogP contribution in [0.25, 0.3) is 11.5 Å². The fourth-order valence-electron chi connectivity index (χ4n) is 1.08. The predicted molar refractivity (Wildman–Crippen MR) is 55.0 cm³/mol. The van der Waals surface area contributed by atoms with Crippen molar-refractivity contribution in [3.63, 3.8) is 0 Å². The maximum Gasteiger partial charge on any atom is 0.434 e. The Bertz CT molecular complexity index is 516. The number of H-pyrrole nitrogens is 1. The molecule has 1 heterocycles. The normalized spacial score (nSPS) is 10.4. The van der Waals surface area contributed by atoms with Crippen molar-refractivity contribution in [3.05, 3.63) is 38.8 Å². The van der Waals surface area contributed by atoms with E-state index in [0.717, 1.165) is 15.6 Å². The topological polar surface area (TPSA) is 58.9 Å². The molecule has 4 nitrogen and oxygen atoms in total. The minimum atomic E-state index is -0.545. The van der Waals surface area contributed by atoms with Crippen LogP contribution in [0.1, 0.15) is 5.56 Å². The Balaban J connectivity index is 2.52. The van der Waals surface area contributed by atoms with Crippen molar-refractivity contribution in [3.8, 4) is 11.5 Å². The van der Waals surface area contributed by atoms with E-state index in [1.807, 2.05) is 25.1 Å². The van der Waals surface area contributed by atoms with E-state index >= 15 is 0 Å². The number of hydrogen-bond donors (Lipinski definition) is 1. The van der Waals surface area contributed by atoms with Gasteiger partial charge < -0.3 is 4.42 Å². The minimum absolute atomic E-state index is 0.302. The first-order chi connectivity index (χ1) is 6.66. The first-order valence-electron chi connectivity index (χ1n) is 3.99. The van der Waals surface area contributed by atoms with Gasteiger partial charge in [-0.3, -0.25) is 0 Å². The highest BCUT2D eigenvalue weighted by molar-refractivity contribution is 9.10. The standard InChI is InChI=1S/C9H7BrN2O2/c1-5-2-3-6(4-7(5)10)8-11-12-9(13)14-8/h2-4H,1H3,(H,12,13). The fourth-order valence-corrected chi connectivity index (χ4v) is 1.46. The molecule has 14 heavy (non-hydrogen) atoms. The van der Waals surface area contributed by atoms with Gasteiger partial charge in [-0.1, -0.05) is 22.0 Å². The van der Waals surface area contributed by atoms with Gasteiger partial charge in [-0.2, -0.15) is 0 Å². The summed E-state index contributed by atoms with van der Waals surface area (Å²) in [6.45, 7) is 1.98. The molecule has 0 aliphatic rings. The van der Waals surface area contributed by atoms with Crippen LogP contribution in [0.4, 0.5) is 0 Å². The Morgan fingerprint density at radius 3 is 2.86 bits per heavy atom. The number of rotatable bonds is 1. The summed E-state index contributed by atoms with van der Waals surface area (Å²) in [5.41, 5.74) is 1.88. The Morgan fingerprint density at radius 1 is 1.50 bits per heavy atom. The number of benzene rings is 1. The number of nitrogens with one attached hydrogen (secondary N) is 1. The van der Waals surface area contributed by atoms with Gasteiger partial charge in [-0.25, -0.2) is 9.89 Å². The monoisotopic (exact) mass is 254 g/mol. The highest BCUT2D eigenvalue weighted by Gasteiger charge is 2.05. The minimum Gasteiger partial charge on any atom is -0.388 e. The molecular weight excluding hydrogens is 248 g/mol. The molecule has 1 aromatic carbocycles. The maximum atomic E-state index is 10.7. The summed E-state index contributed by atoms with van der Waals surface area (Å²) in [6, 6.07) is 5.63. The summed E-state index contributed by atoms with van der Waals surface area (Å²) in [5.74, 6) is -0.243. The van der Waals surface area contributed by atoms with Crippen LogP contribution in [0.3, 0.4) is 0 Å². The zero-order valence-electron chi connectivity index (χ0n) is 7.37. The molecule has 0 radical (unpaired) electrons. The van der Waals surface area contributed by atoms with Crippen LogP contribution in [0.2, 0.25) is 0 Å². The molecule has 2 rings (SSSR count). The number of nitrogens with zero attached hydrogens (tertiary/aromatic N) is 1. The highest BCUT2D eigenvalue weighted by atomic mass is 79.9. The van der Waals surface area contributed by atoms with Crippen LogP contribution in [0.15, 0.2) is 31.9 Å². The van der Waals surface area contributed by atoms with E-state index in [1.165, 1.54) is 0 Å². The van der Waals surface area contributed by atoms with Crippen LogP contribution in [-0.4, -0.2) is 10.2 Å². The molecule has 0 spiro atoms. The summed E-state index contributed by atoms with van der Waals surface area (Å²) in [5, 5.41) is 5.95. The van der Waals surface area contributed by atoms with Crippen LogP contribution < -0.4 is 5.76 Å². The number of halogens is 1. The molecule has 0 unspecified atom stereocenters. The number of aromatic amines is 1. The van der Waals surface area contributed by atoms with Crippen LogP contribution in [-0.2, 0) is 0 Å². The van der Waals surface area contributed by atoms with E-state index in [1.54, 1.807) is 0 Å². The van der Waals surface area contributed by atoms with E-state index < -0.39 is 5.76 Å². The van der Waals surface area contributed by atoms with Crippen molar-refractivity contribution in [1.82, 2.24) is 10.2 Å². The Morgan fingerprint density at radius 2 is 2.29 bits per heavy atom. The quantitative estimate of drug-likeness (QED) is 0.848. The zero-order valence-corrected chi connectivity index (χ0v) is 8.96. The summed E-state index contributed by atoms with van der Waals surface area (Å²) >= 11 is 3.39.